The first-order valence-electron chi connectivity index (χ1n) is 35.1. The Morgan fingerprint density at radius 2 is 0.610 bits per heavy atom. The number of unbranched alkanes of at least 4 members (excludes halogenated alkanes) is 53. The van der Waals surface area contributed by atoms with E-state index in [4.69, 9.17) is 4.74 Å². The number of aliphatic hydroxyl groups excluding tert-OH is 2. The molecule has 1 amide bonds. The van der Waals surface area contributed by atoms with Gasteiger partial charge in [-0.1, -0.05) is 346 Å². The number of esters is 1. The minimum Gasteiger partial charge on any atom is -0.466 e. The summed E-state index contributed by atoms with van der Waals surface area (Å²) < 4.78 is 5.48. The van der Waals surface area contributed by atoms with Crippen molar-refractivity contribution in [3.05, 3.63) is 24.3 Å². The molecule has 6 nitrogen and oxygen atoms in total. The SMILES string of the molecule is CCCCCCCCCCCCCCCCCCCCCCCCC/C=C/C(O)C(CO)NC(=O)CCCCCCCCC/C=C\CCCCCCCCCCCCCOC(=O)CCCCCCCCCCCCCCC. The number of ether oxygens (including phenoxy) is 1. The van der Waals surface area contributed by atoms with Crippen molar-refractivity contribution in [1.29, 1.82) is 0 Å². The van der Waals surface area contributed by atoms with E-state index in [2.05, 4.69) is 31.3 Å². The van der Waals surface area contributed by atoms with Crippen molar-refractivity contribution in [1.82, 2.24) is 5.32 Å². The molecule has 0 spiro atoms. The summed E-state index contributed by atoms with van der Waals surface area (Å²) in [6.45, 7) is 4.94. The summed E-state index contributed by atoms with van der Waals surface area (Å²) in [7, 11) is 0. The zero-order valence-electron chi connectivity index (χ0n) is 52.2. The second-order valence-electron chi connectivity index (χ2n) is 24.2. The van der Waals surface area contributed by atoms with Gasteiger partial charge < -0.3 is 20.3 Å². The van der Waals surface area contributed by atoms with E-state index in [0.717, 1.165) is 44.9 Å². The van der Waals surface area contributed by atoms with E-state index in [1.807, 2.05) is 6.08 Å². The Bertz CT molecular complexity index is 1200. The molecule has 77 heavy (non-hydrogen) atoms. The lowest BCUT2D eigenvalue weighted by molar-refractivity contribution is -0.143. The first-order valence-corrected chi connectivity index (χ1v) is 35.1. The summed E-state index contributed by atoms with van der Waals surface area (Å²) in [5.41, 5.74) is 0. The topological polar surface area (TPSA) is 95.9 Å². The maximum atomic E-state index is 12.5. The van der Waals surface area contributed by atoms with Crippen molar-refractivity contribution in [3.63, 3.8) is 0 Å². The molecule has 0 saturated carbocycles. The van der Waals surface area contributed by atoms with Crippen LogP contribution in [0.1, 0.15) is 393 Å². The molecule has 0 bridgehead atoms. The van der Waals surface area contributed by atoms with E-state index in [9.17, 15) is 19.8 Å². The van der Waals surface area contributed by atoms with E-state index in [1.165, 1.54) is 321 Å². The molecule has 0 aromatic rings. The Hall–Kier alpha value is -1.66. The molecule has 0 heterocycles. The molecule has 0 aliphatic rings. The van der Waals surface area contributed by atoms with E-state index >= 15 is 0 Å². The number of rotatable bonds is 66. The van der Waals surface area contributed by atoms with Gasteiger partial charge in [0.25, 0.3) is 0 Å². The fourth-order valence-corrected chi connectivity index (χ4v) is 11.1. The molecule has 0 radical (unpaired) electrons. The van der Waals surface area contributed by atoms with Crippen LogP contribution in [0.3, 0.4) is 0 Å². The first kappa shape index (κ1) is 75.3. The van der Waals surface area contributed by atoms with Gasteiger partial charge in [-0.25, -0.2) is 0 Å². The molecule has 2 unspecified atom stereocenters. The van der Waals surface area contributed by atoms with E-state index in [0.29, 0.717) is 19.4 Å². The van der Waals surface area contributed by atoms with Gasteiger partial charge in [-0.3, -0.25) is 9.59 Å². The quantitative estimate of drug-likeness (QED) is 0.0320. The van der Waals surface area contributed by atoms with Crippen LogP contribution < -0.4 is 5.32 Å². The maximum absolute atomic E-state index is 12.5. The van der Waals surface area contributed by atoms with E-state index in [-0.39, 0.29) is 18.5 Å². The molecular weight excluding hydrogens is 947 g/mol. The standard InChI is InChI=1S/C71H137NO5/c1-3-5-7-9-11-13-15-17-18-19-20-21-22-23-24-27-30-33-36-40-43-47-51-55-59-63-69(74)68(67-73)72-70(75)64-60-56-52-48-44-41-37-34-31-28-25-26-29-32-35-38-42-46-50-54-58-62-66-77-71(76)65-61-57-53-49-45-39-16-14-12-10-8-6-4-2/h28,31,59,63,68-69,73-74H,3-27,29-30,32-58,60-62,64-67H2,1-2H3,(H,72,75)/b31-28-,63-59+. The molecule has 0 rings (SSSR count). The third kappa shape index (κ3) is 63.4. The Labute approximate surface area is 481 Å². The molecule has 0 fully saturated rings. The Morgan fingerprint density at radius 3 is 0.922 bits per heavy atom. The highest BCUT2D eigenvalue weighted by atomic mass is 16.5. The lowest BCUT2D eigenvalue weighted by Crippen LogP contribution is -2.45. The summed E-state index contributed by atoms with van der Waals surface area (Å²) in [6, 6.07) is -0.634. The van der Waals surface area contributed by atoms with Gasteiger partial charge in [0.15, 0.2) is 0 Å². The highest BCUT2D eigenvalue weighted by Gasteiger charge is 2.18. The zero-order valence-corrected chi connectivity index (χ0v) is 52.2. The molecule has 2 atom stereocenters. The number of nitrogens with one attached hydrogen (secondary N) is 1. The van der Waals surface area contributed by atoms with Gasteiger partial charge in [0.2, 0.25) is 5.91 Å². The van der Waals surface area contributed by atoms with Gasteiger partial charge in [-0.05, 0) is 57.8 Å². The Kier molecular flexibility index (Phi) is 65.4. The van der Waals surface area contributed by atoms with Gasteiger partial charge in [0, 0.05) is 12.8 Å². The van der Waals surface area contributed by atoms with Crippen LogP contribution in [-0.2, 0) is 14.3 Å². The van der Waals surface area contributed by atoms with Crippen molar-refractivity contribution in [3.8, 4) is 0 Å². The molecule has 0 saturated heterocycles. The van der Waals surface area contributed by atoms with Crippen LogP contribution in [-0.4, -0.2) is 47.4 Å². The molecule has 0 aromatic heterocycles. The zero-order chi connectivity index (χ0) is 55.7. The average molecular weight is 1080 g/mol. The van der Waals surface area contributed by atoms with Crippen LogP contribution >= 0.6 is 0 Å². The van der Waals surface area contributed by atoms with Crippen LogP contribution in [0.15, 0.2) is 24.3 Å². The smallest absolute Gasteiger partial charge is 0.305 e. The number of hydrogen-bond donors (Lipinski definition) is 3. The van der Waals surface area contributed by atoms with Crippen LogP contribution in [0.4, 0.5) is 0 Å². The fraction of sp³-hybridized carbons (Fsp3) is 0.915. The van der Waals surface area contributed by atoms with Crippen molar-refractivity contribution >= 4 is 11.9 Å². The highest BCUT2D eigenvalue weighted by molar-refractivity contribution is 5.76. The number of allylic oxidation sites excluding steroid dienone is 3. The number of aliphatic hydroxyl groups is 2. The van der Waals surface area contributed by atoms with Crippen LogP contribution in [0.25, 0.3) is 0 Å². The van der Waals surface area contributed by atoms with Gasteiger partial charge >= 0.3 is 5.97 Å². The largest absolute Gasteiger partial charge is 0.466 e. The predicted molar refractivity (Wildman–Crippen MR) is 338 cm³/mol. The van der Waals surface area contributed by atoms with E-state index < -0.39 is 12.1 Å². The summed E-state index contributed by atoms with van der Waals surface area (Å²) >= 11 is 0. The number of carbonyl (C=O) groups excluding carboxylic acids is 2. The van der Waals surface area contributed by atoms with Crippen molar-refractivity contribution in [2.24, 2.45) is 0 Å². The Morgan fingerprint density at radius 1 is 0.351 bits per heavy atom. The van der Waals surface area contributed by atoms with Crippen LogP contribution in [0.5, 0.6) is 0 Å². The average Bonchev–Trinajstić information content (AvgIpc) is 3.43. The molecule has 0 aromatic carbocycles. The van der Waals surface area contributed by atoms with Crippen LogP contribution in [0, 0.1) is 0 Å². The lowest BCUT2D eigenvalue weighted by atomic mass is 10.0. The summed E-state index contributed by atoms with van der Waals surface area (Å²) in [5, 5.41) is 23.3. The lowest BCUT2D eigenvalue weighted by Gasteiger charge is -2.20. The number of hydrogen-bond acceptors (Lipinski definition) is 5. The summed E-state index contributed by atoms with van der Waals surface area (Å²) in [6.07, 6.45) is 83.9. The van der Waals surface area contributed by atoms with Crippen molar-refractivity contribution in [2.75, 3.05) is 13.2 Å². The number of amides is 1. The van der Waals surface area contributed by atoms with Gasteiger partial charge in [-0.15, -0.1) is 0 Å². The predicted octanol–water partition coefficient (Wildman–Crippen LogP) is 22.5. The Balaban J connectivity index is 3.44. The highest BCUT2D eigenvalue weighted by Crippen LogP contribution is 2.19. The second kappa shape index (κ2) is 66.8. The van der Waals surface area contributed by atoms with Gasteiger partial charge in [0.05, 0.1) is 25.4 Å². The molecule has 0 aliphatic carbocycles. The summed E-state index contributed by atoms with van der Waals surface area (Å²) in [5.74, 6) is -0.0587. The van der Waals surface area contributed by atoms with Gasteiger partial charge in [0.1, 0.15) is 0 Å². The third-order valence-corrected chi connectivity index (χ3v) is 16.5. The molecular formula is C71H137NO5. The molecule has 6 heteroatoms. The number of carbonyl (C=O) groups is 2. The first-order chi connectivity index (χ1) is 38.0. The van der Waals surface area contributed by atoms with Gasteiger partial charge in [-0.2, -0.15) is 0 Å². The van der Waals surface area contributed by atoms with Crippen molar-refractivity contribution in [2.45, 2.75) is 405 Å². The normalized spacial score (nSPS) is 12.6. The minimum atomic E-state index is -0.850. The minimum absolute atomic E-state index is 0.0118. The molecule has 0 aliphatic heterocycles. The molecule has 456 valence electrons. The van der Waals surface area contributed by atoms with Crippen molar-refractivity contribution < 1.29 is 24.5 Å². The van der Waals surface area contributed by atoms with E-state index in [1.54, 1.807) is 6.08 Å². The monoisotopic (exact) mass is 1080 g/mol. The van der Waals surface area contributed by atoms with Crippen LogP contribution in [0.2, 0.25) is 0 Å². The fourth-order valence-electron chi connectivity index (χ4n) is 11.1. The third-order valence-electron chi connectivity index (χ3n) is 16.5. The maximum Gasteiger partial charge on any atom is 0.305 e. The summed E-state index contributed by atoms with van der Waals surface area (Å²) in [4.78, 5) is 24.6. The molecule has 3 N–H and O–H groups in total. The second-order valence-corrected chi connectivity index (χ2v) is 24.2.